The van der Waals surface area contributed by atoms with Crippen LogP contribution in [0.3, 0.4) is 0 Å². The van der Waals surface area contributed by atoms with E-state index in [1.165, 1.54) is 11.3 Å². The number of amides is 1. The molecule has 1 aromatic heterocycles. The van der Waals surface area contributed by atoms with Crippen LogP contribution in [0.1, 0.15) is 26.3 Å². The van der Waals surface area contributed by atoms with Crippen molar-refractivity contribution >= 4 is 32.8 Å². The molecule has 0 fully saturated rings. The van der Waals surface area contributed by atoms with Gasteiger partial charge in [0.05, 0.1) is 10.2 Å². The number of carbonyl (C=O) groups is 1. The van der Waals surface area contributed by atoms with Crippen molar-refractivity contribution in [2.45, 2.75) is 32.9 Å². The van der Waals surface area contributed by atoms with Gasteiger partial charge in [-0.15, -0.1) is 0 Å². The van der Waals surface area contributed by atoms with Gasteiger partial charge in [-0.1, -0.05) is 23.5 Å². The lowest BCUT2D eigenvalue weighted by Gasteiger charge is -2.18. The van der Waals surface area contributed by atoms with Gasteiger partial charge in [-0.05, 0) is 32.4 Å². The number of thiazole rings is 1. The molecule has 1 amide bonds. The Morgan fingerprint density at radius 1 is 1.47 bits per heavy atom. The highest BCUT2D eigenvalue weighted by molar-refractivity contribution is 7.22. The normalized spacial score (nSPS) is 11.6. The quantitative estimate of drug-likeness (QED) is 0.885. The summed E-state index contributed by atoms with van der Waals surface area (Å²) >= 11 is 1.40. The number of nitrogens with one attached hydrogen (secondary N) is 1. The topological polar surface area (TPSA) is 77.2 Å². The largest absolute Gasteiger partial charge is 0.444 e. The predicted octanol–water partition coefficient (Wildman–Crippen LogP) is 3.10. The number of nitrogens with two attached hydrogens (primary N) is 1. The molecule has 0 saturated heterocycles. The lowest BCUT2D eigenvalue weighted by Crippen LogP contribution is -2.27. The number of hydrogen-bond donors (Lipinski definition) is 2. The molecule has 3 N–H and O–H groups in total. The number of fused-ring (bicyclic) bond motifs is 1. The maximum Gasteiger partial charge on any atom is 0.413 e. The number of ether oxygens (including phenoxy) is 1. The van der Waals surface area contributed by atoms with E-state index in [9.17, 15) is 4.79 Å². The number of carbonyl (C=O) groups excluding carboxylic acids is 1. The van der Waals surface area contributed by atoms with Crippen molar-refractivity contribution in [3.63, 3.8) is 0 Å². The average molecular weight is 279 g/mol. The molecule has 19 heavy (non-hydrogen) atoms. The van der Waals surface area contributed by atoms with Crippen LogP contribution >= 0.6 is 11.3 Å². The van der Waals surface area contributed by atoms with Crippen LogP contribution in [0.25, 0.3) is 10.2 Å². The molecule has 0 aliphatic carbocycles. The summed E-state index contributed by atoms with van der Waals surface area (Å²) in [6, 6.07) is 5.81. The van der Waals surface area contributed by atoms with Crippen molar-refractivity contribution in [3.05, 3.63) is 23.8 Å². The Labute approximate surface area is 115 Å². The standard InChI is InChI=1S/C13H17N3O2S/c1-13(2,3)18-12(17)16-11-15-10-8(7-14)5-4-6-9(10)19-11/h4-6H,7,14H2,1-3H3,(H,15,16,17). The molecule has 0 aliphatic heterocycles. The van der Waals surface area contributed by atoms with Crippen LogP contribution in [0.5, 0.6) is 0 Å². The second-order valence-electron chi connectivity index (χ2n) is 5.11. The van der Waals surface area contributed by atoms with Crippen molar-refractivity contribution in [2.75, 3.05) is 5.32 Å². The number of para-hydroxylation sites is 1. The Hall–Kier alpha value is -1.66. The molecule has 0 aliphatic rings. The van der Waals surface area contributed by atoms with Crippen LogP contribution in [0.4, 0.5) is 9.93 Å². The Balaban J connectivity index is 2.20. The number of nitrogens with zero attached hydrogens (tertiary/aromatic N) is 1. The fourth-order valence-corrected chi connectivity index (χ4v) is 2.51. The van der Waals surface area contributed by atoms with E-state index in [-0.39, 0.29) is 0 Å². The van der Waals surface area contributed by atoms with Crippen molar-refractivity contribution in [2.24, 2.45) is 5.73 Å². The Morgan fingerprint density at radius 3 is 2.84 bits per heavy atom. The van der Waals surface area contributed by atoms with Crippen molar-refractivity contribution in [3.8, 4) is 0 Å². The highest BCUT2D eigenvalue weighted by Crippen LogP contribution is 2.28. The molecule has 2 aromatic rings. The number of rotatable bonds is 2. The van der Waals surface area contributed by atoms with Gasteiger partial charge in [0.1, 0.15) is 5.60 Å². The number of benzene rings is 1. The molecule has 0 bridgehead atoms. The third-order valence-electron chi connectivity index (χ3n) is 2.33. The summed E-state index contributed by atoms with van der Waals surface area (Å²) in [5, 5.41) is 3.16. The number of hydrogen-bond acceptors (Lipinski definition) is 5. The maximum atomic E-state index is 11.7. The first-order chi connectivity index (χ1) is 8.89. The van der Waals surface area contributed by atoms with E-state index < -0.39 is 11.7 Å². The molecule has 0 saturated carbocycles. The summed E-state index contributed by atoms with van der Waals surface area (Å²) in [6.45, 7) is 5.87. The van der Waals surface area contributed by atoms with E-state index in [1.54, 1.807) is 0 Å². The van der Waals surface area contributed by atoms with E-state index in [0.29, 0.717) is 11.7 Å². The monoisotopic (exact) mass is 279 g/mol. The van der Waals surface area contributed by atoms with Crippen LogP contribution < -0.4 is 11.1 Å². The fraction of sp³-hybridized carbons (Fsp3) is 0.385. The zero-order chi connectivity index (χ0) is 14.0. The lowest BCUT2D eigenvalue weighted by atomic mass is 10.2. The fourth-order valence-electron chi connectivity index (χ4n) is 1.61. The smallest absolute Gasteiger partial charge is 0.413 e. The second kappa shape index (κ2) is 5.14. The molecule has 6 heteroatoms. The van der Waals surface area contributed by atoms with Crippen molar-refractivity contribution < 1.29 is 9.53 Å². The molecule has 1 aromatic carbocycles. The number of anilines is 1. The van der Waals surface area contributed by atoms with Gasteiger partial charge in [0, 0.05) is 6.54 Å². The van der Waals surface area contributed by atoms with Crippen LogP contribution in [0.15, 0.2) is 18.2 Å². The minimum atomic E-state index is -0.525. The predicted molar refractivity (Wildman–Crippen MR) is 77.4 cm³/mol. The molecule has 1 heterocycles. The van der Waals surface area contributed by atoms with E-state index in [1.807, 2.05) is 39.0 Å². The molecule has 0 unspecified atom stereocenters. The average Bonchev–Trinajstić information content (AvgIpc) is 2.67. The van der Waals surface area contributed by atoms with Crippen LogP contribution in [-0.2, 0) is 11.3 Å². The van der Waals surface area contributed by atoms with E-state index in [0.717, 1.165) is 15.8 Å². The molecule has 0 atom stereocenters. The van der Waals surface area contributed by atoms with Crippen LogP contribution in [-0.4, -0.2) is 16.7 Å². The Morgan fingerprint density at radius 2 is 2.21 bits per heavy atom. The molecule has 2 rings (SSSR count). The maximum absolute atomic E-state index is 11.7. The first-order valence-electron chi connectivity index (χ1n) is 5.97. The van der Waals surface area contributed by atoms with Gasteiger partial charge >= 0.3 is 6.09 Å². The third kappa shape index (κ3) is 3.42. The minimum Gasteiger partial charge on any atom is -0.444 e. The van der Waals surface area contributed by atoms with E-state index >= 15 is 0 Å². The van der Waals surface area contributed by atoms with Crippen molar-refractivity contribution in [1.29, 1.82) is 0 Å². The van der Waals surface area contributed by atoms with Gasteiger partial charge in [-0.3, -0.25) is 5.32 Å². The third-order valence-corrected chi connectivity index (χ3v) is 3.27. The zero-order valence-corrected chi connectivity index (χ0v) is 12.0. The molecular formula is C13H17N3O2S. The van der Waals surface area contributed by atoms with Gasteiger partial charge in [0.25, 0.3) is 0 Å². The summed E-state index contributed by atoms with van der Waals surface area (Å²) in [5.41, 5.74) is 6.94. The molecule has 5 nitrogen and oxygen atoms in total. The zero-order valence-electron chi connectivity index (χ0n) is 11.2. The summed E-state index contributed by atoms with van der Waals surface area (Å²) in [7, 11) is 0. The second-order valence-corrected chi connectivity index (χ2v) is 6.14. The van der Waals surface area contributed by atoms with Crippen molar-refractivity contribution in [1.82, 2.24) is 4.98 Å². The molecule has 102 valence electrons. The summed E-state index contributed by atoms with van der Waals surface area (Å²) < 4.78 is 6.18. The summed E-state index contributed by atoms with van der Waals surface area (Å²) in [5.74, 6) is 0. The molecule has 0 spiro atoms. The highest BCUT2D eigenvalue weighted by Gasteiger charge is 2.17. The van der Waals surface area contributed by atoms with Gasteiger partial charge in [-0.2, -0.15) is 0 Å². The lowest BCUT2D eigenvalue weighted by molar-refractivity contribution is 0.0636. The minimum absolute atomic E-state index is 0.424. The van der Waals surface area contributed by atoms with Crippen LogP contribution in [0, 0.1) is 0 Å². The highest BCUT2D eigenvalue weighted by atomic mass is 32.1. The van der Waals surface area contributed by atoms with E-state index in [2.05, 4.69) is 10.3 Å². The Kier molecular flexibility index (Phi) is 3.73. The first kappa shape index (κ1) is 13.8. The molecule has 0 radical (unpaired) electrons. The molecular weight excluding hydrogens is 262 g/mol. The van der Waals surface area contributed by atoms with E-state index in [4.69, 9.17) is 10.5 Å². The summed E-state index contributed by atoms with van der Waals surface area (Å²) in [6.07, 6.45) is -0.499. The van der Waals surface area contributed by atoms with Gasteiger partial charge in [-0.25, -0.2) is 9.78 Å². The Bertz CT molecular complexity index is 601. The summed E-state index contributed by atoms with van der Waals surface area (Å²) in [4.78, 5) is 16.0. The number of aromatic nitrogens is 1. The van der Waals surface area contributed by atoms with Gasteiger partial charge < -0.3 is 10.5 Å². The van der Waals surface area contributed by atoms with Gasteiger partial charge in [0.2, 0.25) is 0 Å². The SMILES string of the molecule is CC(C)(C)OC(=O)Nc1nc2c(CN)cccc2s1. The van der Waals surface area contributed by atoms with Crippen LogP contribution in [0.2, 0.25) is 0 Å². The first-order valence-corrected chi connectivity index (χ1v) is 6.79. The van der Waals surface area contributed by atoms with Gasteiger partial charge in [0.15, 0.2) is 5.13 Å².